The number of carbonyl (C=O) groups excluding carboxylic acids is 2. The number of imide groups is 1. The van der Waals surface area contributed by atoms with Gasteiger partial charge in [0.15, 0.2) is 5.11 Å². The first kappa shape index (κ1) is 11.9. The van der Waals surface area contributed by atoms with Crippen molar-refractivity contribution in [2.45, 2.75) is 0 Å². The van der Waals surface area contributed by atoms with Crippen molar-refractivity contribution in [3.05, 3.63) is 11.8 Å². The first-order valence-electron chi connectivity index (χ1n) is 3.27. The van der Waals surface area contributed by atoms with Gasteiger partial charge in [0, 0.05) is 6.20 Å². The standard InChI is InChI=1S/C6H7N5O2S/c7-1-4(5(13)9-3-12)2-10-11-6(8)14/h2-3,10H,(H3,8,11,14)(H,9,12,13)/b4-2+. The van der Waals surface area contributed by atoms with Crippen LogP contribution in [0.5, 0.6) is 0 Å². The number of hydrazine groups is 1. The van der Waals surface area contributed by atoms with Crippen LogP contribution in [0.1, 0.15) is 0 Å². The topological polar surface area (TPSA) is 120 Å². The molecule has 0 saturated heterocycles. The SMILES string of the molecule is N#C/C(=C\NNC(N)=S)C(=O)NC=O. The second-order valence-electron chi connectivity index (χ2n) is 1.89. The highest BCUT2D eigenvalue weighted by molar-refractivity contribution is 7.80. The van der Waals surface area contributed by atoms with Gasteiger partial charge >= 0.3 is 0 Å². The van der Waals surface area contributed by atoms with Crippen molar-refractivity contribution in [2.24, 2.45) is 5.73 Å². The van der Waals surface area contributed by atoms with E-state index < -0.39 is 5.91 Å². The molecule has 0 aliphatic rings. The number of rotatable bonds is 4. The molecular weight excluding hydrogens is 206 g/mol. The lowest BCUT2D eigenvalue weighted by atomic mass is 10.3. The molecule has 0 spiro atoms. The number of nitriles is 1. The van der Waals surface area contributed by atoms with Crippen LogP contribution in [0, 0.1) is 11.3 Å². The summed E-state index contributed by atoms with van der Waals surface area (Å²) in [6, 6.07) is 1.56. The molecule has 7 nitrogen and oxygen atoms in total. The zero-order chi connectivity index (χ0) is 11.0. The highest BCUT2D eigenvalue weighted by Crippen LogP contribution is 1.87. The minimum absolute atomic E-state index is 0.0469. The normalized spacial score (nSPS) is 9.50. The van der Waals surface area contributed by atoms with E-state index >= 15 is 0 Å². The van der Waals surface area contributed by atoms with Crippen molar-refractivity contribution in [3.63, 3.8) is 0 Å². The third-order valence-electron chi connectivity index (χ3n) is 0.967. The number of hydrogen-bond donors (Lipinski definition) is 4. The van der Waals surface area contributed by atoms with Crippen LogP contribution in [0.2, 0.25) is 0 Å². The Balaban J connectivity index is 4.26. The van der Waals surface area contributed by atoms with Gasteiger partial charge in [0.05, 0.1) is 0 Å². The summed E-state index contributed by atoms with van der Waals surface area (Å²) in [7, 11) is 0. The van der Waals surface area contributed by atoms with Gasteiger partial charge in [0.2, 0.25) is 6.41 Å². The quantitative estimate of drug-likeness (QED) is 0.140. The van der Waals surface area contributed by atoms with Gasteiger partial charge in [-0.2, -0.15) is 5.26 Å². The van der Waals surface area contributed by atoms with E-state index in [0.29, 0.717) is 0 Å². The molecule has 0 aliphatic heterocycles. The minimum atomic E-state index is -0.820. The molecule has 0 unspecified atom stereocenters. The number of amides is 2. The molecule has 0 rings (SSSR count). The third kappa shape index (κ3) is 4.68. The highest BCUT2D eigenvalue weighted by Gasteiger charge is 2.06. The molecule has 0 aliphatic carbocycles. The molecule has 0 bridgehead atoms. The van der Waals surface area contributed by atoms with Gasteiger partial charge in [0.1, 0.15) is 11.6 Å². The van der Waals surface area contributed by atoms with Gasteiger partial charge in [-0.05, 0) is 12.2 Å². The molecule has 0 saturated carbocycles. The van der Waals surface area contributed by atoms with Crippen LogP contribution in [-0.4, -0.2) is 17.4 Å². The van der Waals surface area contributed by atoms with Gasteiger partial charge < -0.3 is 11.2 Å². The van der Waals surface area contributed by atoms with Crippen LogP contribution in [0.3, 0.4) is 0 Å². The maximum Gasteiger partial charge on any atom is 0.269 e. The molecule has 0 aromatic carbocycles. The lowest BCUT2D eigenvalue weighted by Gasteiger charge is -2.02. The number of nitrogens with zero attached hydrogens (tertiary/aromatic N) is 1. The fraction of sp³-hybridized carbons (Fsp3) is 0. The van der Waals surface area contributed by atoms with Crippen molar-refractivity contribution in [2.75, 3.05) is 0 Å². The Bertz CT molecular complexity index is 319. The molecule has 0 atom stereocenters. The van der Waals surface area contributed by atoms with E-state index in [1.165, 1.54) is 0 Å². The van der Waals surface area contributed by atoms with E-state index in [1.54, 1.807) is 11.4 Å². The molecule has 0 aromatic heterocycles. The summed E-state index contributed by atoms with van der Waals surface area (Å²) < 4.78 is 0. The largest absolute Gasteiger partial charge is 0.375 e. The Hall–Kier alpha value is -2.14. The average molecular weight is 213 g/mol. The second-order valence-corrected chi connectivity index (χ2v) is 2.33. The van der Waals surface area contributed by atoms with Crippen LogP contribution < -0.4 is 21.9 Å². The van der Waals surface area contributed by atoms with E-state index in [-0.39, 0.29) is 17.1 Å². The summed E-state index contributed by atoms with van der Waals surface area (Å²) in [5.74, 6) is -0.820. The van der Waals surface area contributed by atoms with Crippen molar-refractivity contribution >= 4 is 29.6 Å². The molecular formula is C6H7N5O2S. The number of hydrogen-bond acceptors (Lipinski definition) is 5. The molecule has 0 fully saturated rings. The third-order valence-corrected chi connectivity index (χ3v) is 1.07. The summed E-state index contributed by atoms with van der Waals surface area (Å²) in [5.41, 5.74) is 9.32. The van der Waals surface area contributed by atoms with E-state index in [4.69, 9.17) is 11.0 Å². The molecule has 0 heterocycles. The average Bonchev–Trinajstić information content (AvgIpc) is 2.12. The summed E-state index contributed by atoms with van der Waals surface area (Å²) >= 11 is 4.44. The highest BCUT2D eigenvalue weighted by atomic mass is 32.1. The van der Waals surface area contributed by atoms with Crippen LogP contribution in [0.25, 0.3) is 0 Å². The summed E-state index contributed by atoms with van der Waals surface area (Å²) in [4.78, 5) is 20.8. The molecule has 5 N–H and O–H groups in total. The van der Waals surface area contributed by atoms with E-state index in [2.05, 4.69) is 23.1 Å². The van der Waals surface area contributed by atoms with E-state index in [1.807, 2.05) is 0 Å². The zero-order valence-corrected chi connectivity index (χ0v) is 7.72. The minimum Gasteiger partial charge on any atom is -0.375 e. The second kappa shape index (κ2) is 6.38. The van der Waals surface area contributed by atoms with Crippen LogP contribution >= 0.6 is 12.2 Å². The van der Waals surface area contributed by atoms with Crippen molar-refractivity contribution in [1.29, 1.82) is 5.26 Å². The number of nitrogens with two attached hydrogens (primary N) is 1. The van der Waals surface area contributed by atoms with Crippen LogP contribution in [-0.2, 0) is 9.59 Å². The fourth-order valence-electron chi connectivity index (χ4n) is 0.459. The summed E-state index contributed by atoms with van der Waals surface area (Å²) in [6.07, 6.45) is 1.20. The lowest BCUT2D eigenvalue weighted by molar-refractivity contribution is -0.122. The van der Waals surface area contributed by atoms with Gasteiger partial charge in [-0.1, -0.05) is 0 Å². The Labute approximate surface area is 84.9 Å². The molecule has 2 amide bonds. The number of nitrogens with one attached hydrogen (secondary N) is 3. The number of thiocarbonyl (C=S) groups is 1. The fourth-order valence-corrected chi connectivity index (χ4v) is 0.518. The first-order chi connectivity index (χ1) is 6.61. The van der Waals surface area contributed by atoms with Gasteiger partial charge in [-0.15, -0.1) is 0 Å². The molecule has 14 heavy (non-hydrogen) atoms. The Morgan fingerprint density at radius 2 is 2.21 bits per heavy atom. The monoisotopic (exact) mass is 213 g/mol. The lowest BCUT2D eigenvalue weighted by Crippen LogP contribution is -2.38. The van der Waals surface area contributed by atoms with E-state index in [0.717, 1.165) is 6.20 Å². The van der Waals surface area contributed by atoms with Crippen LogP contribution in [0.15, 0.2) is 11.8 Å². The maximum absolute atomic E-state index is 10.9. The zero-order valence-electron chi connectivity index (χ0n) is 6.90. The molecule has 8 heteroatoms. The molecule has 0 radical (unpaired) electrons. The Morgan fingerprint density at radius 3 is 2.64 bits per heavy atom. The Kier molecular flexibility index (Phi) is 5.41. The van der Waals surface area contributed by atoms with Gasteiger partial charge in [-0.25, -0.2) is 0 Å². The smallest absolute Gasteiger partial charge is 0.269 e. The predicted octanol–water partition coefficient (Wildman–Crippen LogP) is -2.00. The first-order valence-corrected chi connectivity index (χ1v) is 3.68. The summed E-state index contributed by atoms with van der Waals surface area (Å²) in [5, 5.41) is 10.2. The van der Waals surface area contributed by atoms with Gasteiger partial charge in [-0.3, -0.25) is 20.3 Å². The maximum atomic E-state index is 10.9. The Morgan fingerprint density at radius 1 is 1.57 bits per heavy atom. The molecule has 74 valence electrons. The van der Waals surface area contributed by atoms with E-state index in [9.17, 15) is 9.59 Å². The van der Waals surface area contributed by atoms with Crippen molar-refractivity contribution in [1.82, 2.24) is 16.2 Å². The van der Waals surface area contributed by atoms with Gasteiger partial charge in [0.25, 0.3) is 5.91 Å². The van der Waals surface area contributed by atoms with Crippen LogP contribution in [0.4, 0.5) is 0 Å². The summed E-state index contributed by atoms with van der Waals surface area (Å²) in [6.45, 7) is 0. The van der Waals surface area contributed by atoms with Crippen molar-refractivity contribution < 1.29 is 9.59 Å². The predicted molar refractivity (Wildman–Crippen MR) is 51.0 cm³/mol. The van der Waals surface area contributed by atoms with Crippen molar-refractivity contribution in [3.8, 4) is 6.07 Å². The number of carbonyl (C=O) groups is 2. The molecule has 0 aromatic rings.